The zero-order valence-corrected chi connectivity index (χ0v) is 13.2. The molecule has 1 aliphatic rings. The first kappa shape index (κ1) is 15.7. The van der Waals surface area contributed by atoms with Gasteiger partial charge < -0.3 is 14.8 Å². The lowest BCUT2D eigenvalue weighted by atomic mass is 9.94. The fraction of sp³-hybridized carbons (Fsp3) is 0.316. The minimum absolute atomic E-state index is 0.127. The number of benzene rings is 2. The van der Waals surface area contributed by atoms with Crippen molar-refractivity contribution in [1.82, 2.24) is 5.32 Å². The molecular weight excluding hydrogens is 290 g/mol. The molecule has 0 radical (unpaired) electrons. The van der Waals surface area contributed by atoms with Crippen LogP contribution in [0.2, 0.25) is 0 Å². The molecule has 0 spiro atoms. The molecule has 1 atom stereocenters. The molecular formula is C19H21NO3. The van der Waals surface area contributed by atoms with Gasteiger partial charge in [0.15, 0.2) is 6.29 Å². The molecule has 4 heteroatoms. The summed E-state index contributed by atoms with van der Waals surface area (Å²) in [6.45, 7) is 6.32. The Hall–Kier alpha value is -2.17. The lowest BCUT2D eigenvalue weighted by Crippen LogP contribution is -2.47. The summed E-state index contributed by atoms with van der Waals surface area (Å²) < 4.78 is 11.7. The van der Waals surface area contributed by atoms with Crippen LogP contribution < -0.4 is 5.32 Å². The normalized spacial score (nSPS) is 22.5. The third-order valence-electron chi connectivity index (χ3n) is 4.10. The molecule has 0 bridgehead atoms. The molecule has 1 saturated heterocycles. The maximum atomic E-state index is 11.2. The predicted octanol–water partition coefficient (Wildman–Crippen LogP) is 2.99. The Balaban J connectivity index is 1.73. The quantitative estimate of drug-likeness (QED) is 0.883. The second kappa shape index (κ2) is 6.94. The van der Waals surface area contributed by atoms with Gasteiger partial charge in [0.25, 0.3) is 0 Å². The minimum Gasteiger partial charge on any atom is -0.349 e. The maximum absolute atomic E-state index is 11.2. The van der Waals surface area contributed by atoms with Gasteiger partial charge in [0.05, 0.1) is 19.3 Å². The molecule has 1 amide bonds. The van der Waals surface area contributed by atoms with Crippen molar-refractivity contribution < 1.29 is 14.3 Å². The van der Waals surface area contributed by atoms with Crippen LogP contribution in [0.5, 0.6) is 0 Å². The van der Waals surface area contributed by atoms with E-state index in [-0.39, 0.29) is 17.9 Å². The van der Waals surface area contributed by atoms with Crippen LogP contribution >= 0.6 is 0 Å². The zero-order chi connectivity index (χ0) is 16.2. The molecule has 120 valence electrons. The molecule has 4 nitrogen and oxygen atoms in total. The standard InChI is InChI=1S/C19H21NO3/c1-3-18(20-13(2)21)19-22-11-15(12-23-19)17-10-6-8-14-7-4-5-9-16(14)17/h3-10,15,18-19H,1,11-12H2,2H3,(H,20,21). The van der Waals surface area contributed by atoms with Crippen molar-refractivity contribution >= 4 is 16.7 Å². The van der Waals surface area contributed by atoms with Gasteiger partial charge in [-0.05, 0) is 16.3 Å². The van der Waals surface area contributed by atoms with Crippen molar-refractivity contribution in [3.63, 3.8) is 0 Å². The minimum atomic E-state index is -0.484. The van der Waals surface area contributed by atoms with Gasteiger partial charge in [0, 0.05) is 12.8 Å². The lowest BCUT2D eigenvalue weighted by molar-refractivity contribution is -0.195. The van der Waals surface area contributed by atoms with Crippen LogP contribution in [0.3, 0.4) is 0 Å². The molecule has 3 rings (SSSR count). The number of amides is 1. The van der Waals surface area contributed by atoms with Gasteiger partial charge in [-0.2, -0.15) is 0 Å². The van der Waals surface area contributed by atoms with Gasteiger partial charge in [-0.1, -0.05) is 48.5 Å². The number of nitrogens with one attached hydrogen (secondary N) is 1. The first-order valence-corrected chi connectivity index (χ1v) is 7.79. The second-order valence-electron chi connectivity index (χ2n) is 5.76. The summed E-state index contributed by atoms with van der Waals surface area (Å²) in [7, 11) is 0. The molecule has 0 saturated carbocycles. The van der Waals surface area contributed by atoms with E-state index in [0.717, 1.165) is 0 Å². The first-order valence-electron chi connectivity index (χ1n) is 7.79. The first-order chi connectivity index (χ1) is 11.2. The van der Waals surface area contributed by atoms with Crippen molar-refractivity contribution in [3.8, 4) is 0 Å². The van der Waals surface area contributed by atoms with Gasteiger partial charge >= 0.3 is 0 Å². The Kier molecular flexibility index (Phi) is 4.74. The van der Waals surface area contributed by atoms with E-state index in [1.54, 1.807) is 6.08 Å². The van der Waals surface area contributed by atoms with Gasteiger partial charge in [0.1, 0.15) is 0 Å². The molecule has 23 heavy (non-hydrogen) atoms. The highest BCUT2D eigenvalue weighted by atomic mass is 16.7. The molecule has 1 N–H and O–H groups in total. The van der Waals surface area contributed by atoms with Crippen LogP contribution in [-0.2, 0) is 14.3 Å². The van der Waals surface area contributed by atoms with Crippen molar-refractivity contribution in [2.75, 3.05) is 13.2 Å². The number of hydrogen-bond acceptors (Lipinski definition) is 3. The Morgan fingerprint density at radius 1 is 1.22 bits per heavy atom. The summed E-state index contributed by atoms with van der Waals surface area (Å²) in [5.41, 5.74) is 1.23. The molecule has 1 unspecified atom stereocenters. The van der Waals surface area contributed by atoms with E-state index in [0.29, 0.717) is 13.2 Å². The average Bonchev–Trinajstić information content (AvgIpc) is 2.59. The average molecular weight is 311 g/mol. The summed E-state index contributed by atoms with van der Waals surface area (Å²) in [6.07, 6.45) is 1.16. The number of ether oxygens (including phenoxy) is 2. The van der Waals surface area contributed by atoms with E-state index in [2.05, 4.69) is 42.2 Å². The van der Waals surface area contributed by atoms with E-state index < -0.39 is 6.29 Å². The Morgan fingerprint density at radius 3 is 2.61 bits per heavy atom. The van der Waals surface area contributed by atoms with E-state index in [9.17, 15) is 4.79 Å². The largest absolute Gasteiger partial charge is 0.349 e. The van der Waals surface area contributed by atoms with Crippen molar-refractivity contribution in [1.29, 1.82) is 0 Å². The molecule has 0 aliphatic carbocycles. The number of carbonyl (C=O) groups is 1. The monoisotopic (exact) mass is 311 g/mol. The third kappa shape index (κ3) is 3.44. The zero-order valence-electron chi connectivity index (χ0n) is 13.2. The van der Waals surface area contributed by atoms with Crippen molar-refractivity contribution in [2.24, 2.45) is 0 Å². The molecule has 1 fully saturated rings. The fourth-order valence-corrected chi connectivity index (χ4v) is 2.98. The Labute approximate surface area is 136 Å². The van der Waals surface area contributed by atoms with Crippen molar-refractivity contribution in [2.45, 2.75) is 25.2 Å². The van der Waals surface area contributed by atoms with Crippen LogP contribution in [0.25, 0.3) is 10.8 Å². The van der Waals surface area contributed by atoms with E-state index in [1.165, 1.54) is 23.3 Å². The topological polar surface area (TPSA) is 47.6 Å². The van der Waals surface area contributed by atoms with Gasteiger partial charge in [-0.25, -0.2) is 0 Å². The summed E-state index contributed by atoms with van der Waals surface area (Å²) in [5, 5.41) is 5.22. The van der Waals surface area contributed by atoms with Gasteiger partial charge in [-0.15, -0.1) is 6.58 Å². The number of fused-ring (bicyclic) bond motifs is 1. The lowest BCUT2D eigenvalue weighted by Gasteiger charge is -2.33. The van der Waals surface area contributed by atoms with Crippen LogP contribution in [0.4, 0.5) is 0 Å². The molecule has 1 heterocycles. The molecule has 2 aromatic rings. The Bertz CT molecular complexity index is 699. The van der Waals surface area contributed by atoms with E-state index in [1.807, 2.05) is 12.1 Å². The van der Waals surface area contributed by atoms with Crippen LogP contribution in [0.15, 0.2) is 55.1 Å². The SMILES string of the molecule is C=CC(NC(C)=O)C1OCC(c2cccc3ccccc23)CO1. The van der Waals surface area contributed by atoms with Crippen molar-refractivity contribution in [3.05, 3.63) is 60.7 Å². The number of carbonyl (C=O) groups excluding carboxylic acids is 1. The van der Waals surface area contributed by atoms with Crippen LogP contribution in [0.1, 0.15) is 18.4 Å². The summed E-state index contributed by atoms with van der Waals surface area (Å²) >= 11 is 0. The summed E-state index contributed by atoms with van der Waals surface area (Å²) in [5.74, 6) is 0.0541. The van der Waals surface area contributed by atoms with E-state index >= 15 is 0 Å². The predicted molar refractivity (Wildman–Crippen MR) is 90.2 cm³/mol. The fourth-order valence-electron chi connectivity index (χ4n) is 2.98. The molecule has 0 aromatic heterocycles. The molecule has 1 aliphatic heterocycles. The number of rotatable bonds is 4. The Morgan fingerprint density at radius 2 is 1.91 bits per heavy atom. The second-order valence-corrected chi connectivity index (χ2v) is 5.76. The maximum Gasteiger partial charge on any atom is 0.217 e. The summed E-state index contributed by atoms with van der Waals surface area (Å²) in [6, 6.07) is 14.3. The number of hydrogen-bond donors (Lipinski definition) is 1. The van der Waals surface area contributed by atoms with E-state index in [4.69, 9.17) is 9.47 Å². The smallest absolute Gasteiger partial charge is 0.217 e. The highest BCUT2D eigenvalue weighted by molar-refractivity contribution is 5.86. The highest BCUT2D eigenvalue weighted by Crippen LogP contribution is 2.29. The van der Waals surface area contributed by atoms with Crippen LogP contribution in [0, 0.1) is 0 Å². The third-order valence-corrected chi connectivity index (χ3v) is 4.10. The van der Waals surface area contributed by atoms with Crippen LogP contribution in [-0.4, -0.2) is 31.5 Å². The van der Waals surface area contributed by atoms with Gasteiger partial charge in [-0.3, -0.25) is 4.79 Å². The molecule has 2 aromatic carbocycles. The highest BCUT2D eigenvalue weighted by Gasteiger charge is 2.29. The van der Waals surface area contributed by atoms with Gasteiger partial charge in [0.2, 0.25) is 5.91 Å². The summed E-state index contributed by atoms with van der Waals surface area (Å²) in [4.78, 5) is 11.2.